The Morgan fingerprint density at radius 3 is 2.53 bits per heavy atom. The van der Waals surface area contributed by atoms with E-state index in [1.54, 1.807) is 36.3 Å². The van der Waals surface area contributed by atoms with Crippen molar-refractivity contribution in [1.82, 2.24) is 15.1 Å². The van der Waals surface area contributed by atoms with Gasteiger partial charge < -0.3 is 15.1 Å². The second-order valence-electron chi connectivity index (χ2n) is 8.79. The number of carbonyl (C=O) groups is 3. The Kier molecular flexibility index (Phi) is 6.72. The first-order chi connectivity index (χ1) is 16.3. The van der Waals surface area contributed by atoms with Crippen molar-refractivity contribution in [2.75, 3.05) is 6.54 Å². The summed E-state index contributed by atoms with van der Waals surface area (Å²) >= 11 is 0. The summed E-state index contributed by atoms with van der Waals surface area (Å²) in [6.07, 6.45) is 6.97. The Balaban J connectivity index is 1.54. The molecule has 1 atom stereocenters. The summed E-state index contributed by atoms with van der Waals surface area (Å²) in [4.78, 5) is 46.5. The molecule has 0 fully saturated rings. The molecule has 2 heterocycles. The zero-order valence-electron chi connectivity index (χ0n) is 19.4. The van der Waals surface area contributed by atoms with Crippen molar-refractivity contribution in [3.8, 4) is 0 Å². The van der Waals surface area contributed by atoms with Crippen LogP contribution in [0.4, 0.5) is 0 Å². The second-order valence-corrected chi connectivity index (χ2v) is 8.79. The summed E-state index contributed by atoms with van der Waals surface area (Å²) in [5.74, 6) is -0.496. The Bertz CT molecular complexity index is 1170. The number of hydrogen-bond acceptors (Lipinski definition) is 4. The third-order valence-electron chi connectivity index (χ3n) is 6.01. The largest absolute Gasteiger partial charge is 0.350 e. The number of aliphatic imine (C=N–C) groups is 1. The van der Waals surface area contributed by atoms with Gasteiger partial charge in [0.15, 0.2) is 0 Å². The van der Waals surface area contributed by atoms with Gasteiger partial charge in [0.25, 0.3) is 5.91 Å². The van der Waals surface area contributed by atoms with Gasteiger partial charge in [-0.1, -0.05) is 66.2 Å². The number of nitrogens with zero attached hydrogens (tertiary/aromatic N) is 3. The molecule has 7 heteroatoms. The zero-order valence-corrected chi connectivity index (χ0v) is 19.4. The van der Waals surface area contributed by atoms with Gasteiger partial charge in [0.1, 0.15) is 11.4 Å². The number of hydrogen-bond donors (Lipinski definition) is 1. The standard InChI is InChI=1S/C27H28N4O3/c1-20-11-13-21(14-12-20)17-28-25(33)19-30(18-22-8-4-3-5-9-22)26(34)27(2)16-24(32)29-23-10-6-7-15-31(23)27/h3-15H,16-19H2,1-2H3,(H,28,33)/t27-/m1/s1. The van der Waals surface area contributed by atoms with E-state index in [2.05, 4.69) is 10.3 Å². The quantitative estimate of drug-likeness (QED) is 0.694. The lowest BCUT2D eigenvalue weighted by Crippen LogP contribution is -2.61. The molecule has 0 radical (unpaired) electrons. The van der Waals surface area contributed by atoms with E-state index >= 15 is 0 Å². The molecule has 0 spiro atoms. The molecule has 1 N–H and O–H groups in total. The van der Waals surface area contributed by atoms with Gasteiger partial charge in [0, 0.05) is 19.3 Å². The minimum atomic E-state index is -1.18. The molecule has 2 aromatic rings. The highest BCUT2D eigenvalue weighted by molar-refractivity contribution is 6.09. The van der Waals surface area contributed by atoms with Gasteiger partial charge in [-0.15, -0.1) is 0 Å². The predicted octanol–water partition coefficient (Wildman–Crippen LogP) is 3.11. The van der Waals surface area contributed by atoms with Crippen LogP contribution in [0.15, 0.2) is 84.0 Å². The SMILES string of the molecule is Cc1ccc(CNC(=O)CN(Cc2ccccc2)C(=O)[C@@]2(C)CC(=O)N=C3C=CC=CN32)cc1. The van der Waals surface area contributed by atoms with E-state index in [1.165, 1.54) is 4.90 Å². The van der Waals surface area contributed by atoms with Crippen molar-refractivity contribution in [2.24, 2.45) is 4.99 Å². The van der Waals surface area contributed by atoms with Crippen LogP contribution in [-0.2, 0) is 27.5 Å². The maximum absolute atomic E-state index is 13.9. The van der Waals surface area contributed by atoms with Gasteiger partial charge in [-0.25, -0.2) is 0 Å². The van der Waals surface area contributed by atoms with Crippen LogP contribution in [-0.4, -0.2) is 45.4 Å². The summed E-state index contributed by atoms with van der Waals surface area (Å²) in [5, 5.41) is 2.91. The molecule has 2 aliphatic heterocycles. The van der Waals surface area contributed by atoms with Gasteiger partial charge in [-0.05, 0) is 37.1 Å². The number of nitrogens with one attached hydrogen (secondary N) is 1. The van der Waals surface area contributed by atoms with Crippen molar-refractivity contribution in [1.29, 1.82) is 0 Å². The van der Waals surface area contributed by atoms with Crippen LogP contribution >= 0.6 is 0 Å². The first-order valence-electron chi connectivity index (χ1n) is 11.3. The maximum atomic E-state index is 13.9. The number of allylic oxidation sites excluding steroid dienone is 2. The highest BCUT2D eigenvalue weighted by Gasteiger charge is 2.47. The van der Waals surface area contributed by atoms with E-state index in [1.807, 2.05) is 61.5 Å². The topological polar surface area (TPSA) is 82.1 Å². The van der Waals surface area contributed by atoms with Crippen LogP contribution < -0.4 is 5.32 Å². The Hall–Kier alpha value is -4.00. The van der Waals surface area contributed by atoms with Crippen molar-refractivity contribution >= 4 is 23.6 Å². The molecule has 7 nitrogen and oxygen atoms in total. The van der Waals surface area contributed by atoms with Crippen molar-refractivity contribution in [2.45, 2.75) is 38.9 Å². The number of aryl methyl sites for hydroxylation is 1. The lowest BCUT2D eigenvalue weighted by molar-refractivity contribution is -0.146. The first kappa shape index (κ1) is 23.2. The summed E-state index contributed by atoms with van der Waals surface area (Å²) in [5.41, 5.74) is 1.85. The van der Waals surface area contributed by atoms with E-state index in [-0.39, 0.29) is 37.2 Å². The number of fused-ring (bicyclic) bond motifs is 1. The highest BCUT2D eigenvalue weighted by Crippen LogP contribution is 2.30. The highest BCUT2D eigenvalue weighted by atomic mass is 16.2. The molecule has 0 saturated carbocycles. The molecule has 0 aromatic heterocycles. The minimum Gasteiger partial charge on any atom is -0.350 e. The Morgan fingerprint density at radius 2 is 1.79 bits per heavy atom. The van der Waals surface area contributed by atoms with E-state index < -0.39 is 5.54 Å². The molecule has 2 aliphatic rings. The molecule has 0 unspecified atom stereocenters. The van der Waals surface area contributed by atoms with Crippen LogP contribution in [0.3, 0.4) is 0 Å². The van der Waals surface area contributed by atoms with Gasteiger partial charge >= 0.3 is 0 Å². The molecule has 4 rings (SSSR count). The third-order valence-corrected chi connectivity index (χ3v) is 6.01. The van der Waals surface area contributed by atoms with Gasteiger partial charge in [-0.3, -0.25) is 14.4 Å². The Labute approximate surface area is 199 Å². The van der Waals surface area contributed by atoms with Gasteiger partial charge in [-0.2, -0.15) is 4.99 Å². The first-order valence-corrected chi connectivity index (χ1v) is 11.3. The van der Waals surface area contributed by atoms with Crippen LogP contribution in [0.25, 0.3) is 0 Å². The van der Waals surface area contributed by atoms with Crippen molar-refractivity contribution in [3.63, 3.8) is 0 Å². The summed E-state index contributed by atoms with van der Waals surface area (Å²) in [6, 6.07) is 17.4. The van der Waals surface area contributed by atoms with Crippen LogP contribution in [0.5, 0.6) is 0 Å². The van der Waals surface area contributed by atoms with Crippen molar-refractivity contribution in [3.05, 3.63) is 95.7 Å². The molecule has 34 heavy (non-hydrogen) atoms. The summed E-state index contributed by atoms with van der Waals surface area (Å²) in [6.45, 7) is 4.24. The normalized spacial score (nSPS) is 18.8. The number of amidine groups is 1. The van der Waals surface area contributed by atoms with E-state index in [0.29, 0.717) is 12.4 Å². The fourth-order valence-corrected chi connectivity index (χ4v) is 4.15. The second kappa shape index (κ2) is 9.87. The number of benzene rings is 2. The maximum Gasteiger partial charge on any atom is 0.250 e. The molecule has 2 aromatic carbocycles. The minimum absolute atomic E-state index is 0.0657. The molecule has 3 amide bonds. The molecule has 0 aliphatic carbocycles. The van der Waals surface area contributed by atoms with Crippen LogP contribution in [0.1, 0.15) is 30.0 Å². The number of rotatable bonds is 7. The fraction of sp³-hybridized carbons (Fsp3) is 0.259. The molecular weight excluding hydrogens is 428 g/mol. The van der Waals surface area contributed by atoms with Gasteiger partial charge in [0.2, 0.25) is 11.8 Å². The summed E-state index contributed by atoms with van der Waals surface area (Å²) in [7, 11) is 0. The predicted molar refractivity (Wildman–Crippen MR) is 130 cm³/mol. The third kappa shape index (κ3) is 5.14. The van der Waals surface area contributed by atoms with Crippen molar-refractivity contribution < 1.29 is 14.4 Å². The zero-order chi connectivity index (χ0) is 24.1. The number of amides is 3. The monoisotopic (exact) mass is 456 g/mol. The average Bonchev–Trinajstić information content (AvgIpc) is 2.83. The van der Waals surface area contributed by atoms with E-state index in [4.69, 9.17) is 0 Å². The van der Waals surface area contributed by atoms with E-state index in [9.17, 15) is 14.4 Å². The lowest BCUT2D eigenvalue weighted by Gasteiger charge is -2.44. The Morgan fingerprint density at radius 1 is 1.06 bits per heavy atom. The van der Waals surface area contributed by atoms with Crippen LogP contribution in [0, 0.1) is 6.92 Å². The summed E-state index contributed by atoms with van der Waals surface area (Å²) < 4.78 is 0. The smallest absolute Gasteiger partial charge is 0.250 e. The molecule has 0 saturated heterocycles. The van der Waals surface area contributed by atoms with Crippen LogP contribution in [0.2, 0.25) is 0 Å². The average molecular weight is 457 g/mol. The lowest BCUT2D eigenvalue weighted by atomic mass is 9.90. The van der Waals surface area contributed by atoms with Gasteiger partial charge in [0.05, 0.1) is 13.0 Å². The van der Waals surface area contributed by atoms with E-state index in [0.717, 1.165) is 16.7 Å². The molecular formula is C27H28N4O3. The molecule has 174 valence electrons. The molecule has 0 bridgehead atoms. The fourth-order valence-electron chi connectivity index (χ4n) is 4.15. The number of carbonyl (C=O) groups excluding carboxylic acids is 3.